The number of rotatable bonds is 4. The minimum Gasteiger partial charge on any atom is -0.256 e. The molecule has 0 spiro atoms. The first kappa shape index (κ1) is 25.2. The highest BCUT2D eigenvalue weighted by atomic mass is 14.7. The third-order valence-corrected chi connectivity index (χ3v) is 9.11. The Morgan fingerprint density at radius 1 is 0.651 bits per heavy atom. The molecule has 1 aromatic heterocycles. The fourth-order valence-electron chi connectivity index (χ4n) is 7.17. The highest BCUT2D eigenvalue weighted by Crippen LogP contribution is 2.58. The quantitative estimate of drug-likeness (QED) is 0.220. The summed E-state index contributed by atoms with van der Waals surface area (Å²) >= 11 is 0. The van der Waals surface area contributed by atoms with Crippen molar-refractivity contribution < 1.29 is 0 Å². The zero-order valence-electron chi connectivity index (χ0n) is 23.7. The van der Waals surface area contributed by atoms with E-state index in [0.717, 1.165) is 29.7 Å². The van der Waals surface area contributed by atoms with Crippen LogP contribution in [0.1, 0.15) is 45.4 Å². The zero-order chi connectivity index (χ0) is 28.8. The lowest BCUT2D eigenvalue weighted by molar-refractivity contribution is 0.767. The minimum atomic E-state index is -0.439. The molecule has 8 rings (SSSR count). The van der Waals surface area contributed by atoms with Gasteiger partial charge in [0.25, 0.3) is 0 Å². The van der Waals surface area contributed by atoms with E-state index in [4.69, 9.17) is 0 Å². The van der Waals surface area contributed by atoms with Gasteiger partial charge in [0.2, 0.25) is 0 Å². The molecular formula is C41H28N2. The van der Waals surface area contributed by atoms with E-state index in [1.54, 1.807) is 12.3 Å². The van der Waals surface area contributed by atoms with E-state index in [2.05, 4.69) is 138 Å². The second kappa shape index (κ2) is 10.1. The lowest BCUT2D eigenvalue weighted by Crippen LogP contribution is -2.28. The van der Waals surface area contributed by atoms with Crippen molar-refractivity contribution in [1.82, 2.24) is 4.98 Å². The summed E-state index contributed by atoms with van der Waals surface area (Å²) in [6, 6.07) is 48.1. The Morgan fingerprint density at radius 3 is 2.07 bits per heavy atom. The number of pyridine rings is 1. The second-order valence-corrected chi connectivity index (χ2v) is 11.4. The largest absolute Gasteiger partial charge is 0.256 e. The summed E-state index contributed by atoms with van der Waals surface area (Å²) in [7, 11) is 0. The van der Waals surface area contributed by atoms with Crippen LogP contribution >= 0.6 is 0 Å². The molecule has 0 bridgehead atoms. The Morgan fingerprint density at radius 2 is 1.35 bits per heavy atom. The van der Waals surface area contributed by atoms with Crippen LogP contribution in [0.15, 0.2) is 140 Å². The van der Waals surface area contributed by atoms with Gasteiger partial charge in [0.05, 0.1) is 22.7 Å². The summed E-state index contributed by atoms with van der Waals surface area (Å²) in [5.74, 6) is 0. The van der Waals surface area contributed by atoms with E-state index in [0.29, 0.717) is 5.56 Å². The van der Waals surface area contributed by atoms with Crippen molar-refractivity contribution in [3.63, 3.8) is 0 Å². The molecule has 0 fully saturated rings. The van der Waals surface area contributed by atoms with Crippen molar-refractivity contribution >= 4 is 6.08 Å². The number of fused-ring (bicyclic) bond motifs is 5. The molecule has 0 amide bonds. The van der Waals surface area contributed by atoms with Gasteiger partial charge in [-0.15, -0.1) is 0 Å². The van der Waals surface area contributed by atoms with E-state index in [1.807, 2.05) is 6.07 Å². The fraction of sp³-hybridized carbons (Fsp3) is 0.0732. The Labute approximate surface area is 252 Å². The molecule has 5 aromatic carbocycles. The molecule has 202 valence electrons. The fourth-order valence-corrected chi connectivity index (χ4v) is 7.17. The van der Waals surface area contributed by atoms with Crippen LogP contribution in [-0.2, 0) is 11.8 Å². The normalized spacial score (nSPS) is 13.9. The number of benzene rings is 5. The number of nitriles is 1. The number of hydrogen-bond acceptors (Lipinski definition) is 2. The van der Waals surface area contributed by atoms with Crippen LogP contribution in [0.5, 0.6) is 0 Å². The summed E-state index contributed by atoms with van der Waals surface area (Å²) in [5, 5.41) is 9.33. The molecule has 2 aliphatic carbocycles. The first-order valence-corrected chi connectivity index (χ1v) is 14.8. The summed E-state index contributed by atoms with van der Waals surface area (Å²) < 4.78 is 0. The minimum absolute atomic E-state index is 0.439. The number of nitrogens with zero attached hydrogens (tertiary/aromatic N) is 2. The van der Waals surface area contributed by atoms with E-state index in [1.165, 1.54) is 50.1 Å². The van der Waals surface area contributed by atoms with Gasteiger partial charge in [0.1, 0.15) is 0 Å². The van der Waals surface area contributed by atoms with Gasteiger partial charge in [-0.1, -0.05) is 121 Å². The van der Waals surface area contributed by atoms with Crippen molar-refractivity contribution in [3.8, 4) is 39.6 Å². The van der Waals surface area contributed by atoms with Crippen LogP contribution in [0.25, 0.3) is 39.6 Å². The molecule has 0 N–H and O–H groups in total. The predicted octanol–water partition coefficient (Wildman–Crippen LogP) is 9.61. The Kier molecular flexibility index (Phi) is 5.91. The number of hydrogen-bond donors (Lipinski definition) is 0. The third kappa shape index (κ3) is 3.90. The molecule has 1 heterocycles. The molecule has 43 heavy (non-hydrogen) atoms. The van der Waals surface area contributed by atoms with Crippen molar-refractivity contribution in [3.05, 3.63) is 179 Å². The molecule has 6 aromatic rings. The van der Waals surface area contributed by atoms with E-state index >= 15 is 0 Å². The molecule has 2 heteroatoms. The van der Waals surface area contributed by atoms with Gasteiger partial charge in [-0.25, -0.2) is 0 Å². The molecule has 0 saturated heterocycles. The lowest BCUT2D eigenvalue weighted by Gasteiger charge is -2.34. The molecular weight excluding hydrogens is 520 g/mol. The maximum Gasteiger partial charge on any atom is 0.0992 e. The first-order valence-electron chi connectivity index (χ1n) is 14.8. The van der Waals surface area contributed by atoms with Crippen molar-refractivity contribution in [2.45, 2.75) is 18.3 Å². The third-order valence-electron chi connectivity index (χ3n) is 9.11. The van der Waals surface area contributed by atoms with E-state index < -0.39 is 5.41 Å². The molecule has 0 unspecified atom stereocenters. The summed E-state index contributed by atoms with van der Waals surface area (Å²) in [6.45, 7) is 0. The number of aryl methyl sites for hydroxylation is 1. The lowest BCUT2D eigenvalue weighted by atomic mass is 9.67. The van der Waals surface area contributed by atoms with Crippen molar-refractivity contribution in [1.29, 1.82) is 5.26 Å². The maximum absolute atomic E-state index is 9.33. The Balaban J connectivity index is 1.36. The van der Waals surface area contributed by atoms with Gasteiger partial charge in [-0.2, -0.15) is 5.26 Å². The van der Waals surface area contributed by atoms with Crippen LogP contribution in [0.4, 0.5) is 0 Å². The monoisotopic (exact) mass is 548 g/mol. The zero-order valence-corrected chi connectivity index (χ0v) is 23.7. The molecule has 0 radical (unpaired) electrons. The molecule has 0 saturated carbocycles. The van der Waals surface area contributed by atoms with Crippen LogP contribution in [0, 0.1) is 11.3 Å². The van der Waals surface area contributed by atoms with Gasteiger partial charge in [0.15, 0.2) is 0 Å². The first-order chi connectivity index (χ1) is 21.3. The van der Waals surface area contributed by atoms with Crippen LogP contribution in [-0.4, -0.2) is 4.98 Å². The van der Waals surface area contributed by atoms with Gasteiger partial charge in [-0.3, -0.25) is 4.98 Å². The van der Waals surface area contributed by atoms with Crippen LogP contribution < -0.4 is 0 Å². The average Bonchev–Trinajstić information content (AvgIpc) is 3.40. The van der Waals surface area contributed by atoms with Gasteiger partial charge in [0, 0.05) is 11.8 Å². The predicted molar refractivity (Wildman–Crippen MR) is 174 cm³/mol. The van der Waals surface area contributed by atoms with Gasteiger partial charge < -0.3 is 0 Å². The summed E-state index contributed by atoms with van der Waals surface area (Å²) in [4.78, 5) is 4.49. The SMILES string of the molecule is N#Cc1ccnc(-c2ccc(-c3ccc4c(c3)C(c3ccccc3)(c3ccccc3)c3ccc5c(c3-4)C=CCC5)cc2)c1. The van der Waals surface area contributed by atoms with Crippen LogP contribution in [0.2, 0.25) is 0 Å². The number of allylic oxidation sites excluding steroid dienone is 1. The summed E-state index contributed by atoms with van der Waals surface area (Å²) in [6.07, 6.45) is 8.53. The van der Waals surface area contributed by atoms with E-state index in [9.17, 15) is 5.26 Å². The maximum atomic E-state index is 9.33. The molecule has 2 aliphatic rings. The topological polar surface area (TPSA) is 36.7 Å². The van der Waals surface area contributed by atoms with Crippen molar-refractivity contribution in [2.75, 3.05) is 0 Å². The standard InChI is InChI=1S/C41H28N2/c42-27-28-23-24-43-39(25-28)31-17-15-29(16-18-31)32-19-21-36-38(26-32)41(33-10-3-1-4-11-33,34-12-5-2-6-13-34)37-22-20-30-9-7-8-14-35(30)40(36)37/h1-6,8,10-26H,7,9H2. The number of aromatic nitrogens is 1. The smallest absolute Gasteiger partial charge is 0.0992 e. The molecule has 0 atom stereocenters. The Hall–Kier alpha value is -5.52. The van der Waals surface area contributed by atoms with Gasteiger partial charge >= 0.3 is 0 Å². The average molecular weight is 549 g/mol. The highest BCUT2D eigenvalue weighted by molar-refractivity contribution is 5.93. The highest BCUT2D eigenvalue weighted by Gasteiger charge is 2.47. The van der Waals surface area contributed by atoms with Gasteiger partial charge in [-0.05, 0) is 86.7 Å². The van der Waals surface area contributed by atoms with Crippen molar-refractivity contribution in [2.24, 2.45) is 0 Å². The van der Waals surface area contributed by atoms with Crippen LogP contribution in [0.3, 0.4) is 0 Å². The molecule has 2 nitrogen and oxygen atoms in total. The Bertz CT molecular complexity index is 2020. The van der Waals surface area contributed by atoms with E-state index in [-0.39, 0.29) is 0 Å². The molecule has 0 aliphatic heterocycles. The second-order valence-electron chi connectivity index (χ2n) is 11.4. The summed E-state index contributed by atoms with van der Waals surface area (Å²) in [5.41, 5.74) is 15.0.